The van der Waals surface area contributed by atoms with Gasteiger partial charge in [-0.3, -0.25) is 9.78 Å². The quantitative estimate of drug-likeness (QED) is 0.759. The van der Waals surface area contributed by atoms with Crippen LogP contribution in [0.3, 0.4) is 0 Å². The minimum absolute atomic E-state index is 0.168. The van der Waals surface area contributed by atoms with E-state index in [-0.39, 0.29) is 5.91 Å². The first-order chi connectivity index (χ1) is 10.2. The lowest BCUT2D eigenvalue weighted by atomic mass is 10.1. The van der Waals surface area contributed by atoms with E-state index in [2.05, 4.69) is 10.3 Å². The molecular formula is C17H13ClN2O. The van der Waals surface area contributed by atoms with Crippen LogP contribution < -0.4 is 5.32 Å². The predicted molar refractivity (Wildman–Crippen MR) is 85.9 cm³/mol. The smallest absolute Gasteiger partial charge is 0.256 e. The Kier molecular flexibility index (Phi) is 3.59. The Bertz CT molecular complexity index is 825. The monoisotopic (exact) mass is 296 g/mol. The van der Waals surface area contributed by atoms with Gasteiger partial charge in [0.2, 0.25) is 0 Å². The summed E-state index contributed by atoms with van der Waals surface area (Å²) in [5.41, 5.74) is 2.97. The Labute approximate surface area is 127 Å². The van der Waals surface area contributed by atoms with Crippen LogP contribution >= 0.6 is 11.6 Å². The number of pyridine rings is 1. The van der Waals surface area contributed by atoms with E-state index in [0.29, 0.717) is 16.3 Å². The number of halogens is 1. The van der Waals surface area contributed by atoms with Crippen LogP contribution in [0.15, 0.2) is 54.7 Å². The number of rotatable bonds is 2. The summed E-state index contributed by atoms with van der Waals surface area (Å²) in [6, 6.07) is 14.7. The second-order valence-electron chi connectivity index (χ2n) is 4.74. The van der Waals surface area contributed by atoms with Crippen LogP contribution in [0.4, 0.5) is 5.69 Å². The fraction of sp³-hybridized carbons (Fsp3) is 0.0588. The summed E-state index contributed by atoms with van der Waals surface area (Å²) in [4.78, 5) is 16.8. The third kappa shape index (κ3) is 2.60. The van der Waals surface area contributed by atoms with Crippen LogP contribution in [0, 0.1) is 6.92 Å². The highest BCUT2D eigenvalue weighted by Crippen LogP contribution is 2.24. The van der Waals surface area contributed by atoms with Crippen LogP contribution in [0.1, 0.15) is 15.9 Å². The van der Waals surface area contributed by atoms with E-state index < -0.39 is 0 Å². The van der Waals surface area contributed by atoms with Crippen molar-refractivity contribution in [3.05, 3.63) is 70.9 Å². The molecule has 0 aliphatic heterocycles. The molecule has 0 aliphatic carbocycles. The van der Waals surface area contributed by atoms with E-state index in [9.17, 15) is 4.79 Å². The lowest BCUT2D eigenvalue weighted by Gasteiger charge is -2.10. The molecule has 21 heavy (non-hydrogen) atoms. The molecule has 3 aromatic rings. The van der Waals surface area contributed by atoms with Gasteiger partial charge in [0.05, 0.1) is 5.52 Å². The fourth-order valence-electron chi connectivity index (χ4n) is 2.23. The number of carbonyl (C=O) groups excluding carboxylic acids is 1. The van der Waals surface area contributed by atoms with Crippen LogP contribution in [0.2, 0.25) is 5.02 Å². The van der Waals surface area contributed by atoms with Crippen LogP contribution in [0.25, 0.3) is 10.9 Å². The zero-order valence-electron chi connectivity index (χ0n) is 11.4. The molecule has 0 fully saturated rings. The van der Waals surface area contributed by atoms with Gasteiger partial charge in [-0.2, -0.15) is 0 Å². The third-order valence-electron chi connectivity index (χ3n) is 3.41. The highest BCUT2D eigenvalue weighted by atomic mass is 35.5. The van der Waals surface area contributed by atoms with Crippen molar-refractivity contribution in [3.8, 4) is 0 Å². The Hall–Kier alpha value is -2.39. The standard InChI is InChI=1S/C17H13ClN2O/c1-11-14(18)7-3-8-15(11)20-17(21)13-5-2-9-16-12(13)6-4-10-19-16/h2-10H,1H3,(H,20,21). The van der Waals surface area contributed by atoms with Gasteiger partial charge >= 0.3 is 0 Å². The Morgan fingerprint density at radius 2 is 1.90 bits per heavy atom. The van der Waals surface area contributed by atoms with Crippen molar-refractivity contribution in [1.82, 2.24) is 4.98 Å². The normalized spacial score (nSPS) is 10.6. The molecule has 0 atom stereocenters. The van der Waals surface area contributed by atoms with E-state index in [1.807, 2.05) is 43.3 Å². The largest absolute Gasteiger partial charge is 0.322 e. The maximum absolute atomic E-state index is 12.5. The van der Waals surface area contributed by atoms with Gasteiger partial charge in [-0.05, 0) is 42.8 Å². The summed E-state index contributed by atoms with van der Waals surface area (Å²) in [6.07, 6.45) is 1.71. The van der Waals surface area contributed by atoms with Gasteiger partial charge < -0.3 is 5.32 Å². The van der Waals surface area contributed by atoms with E-state index in [0.717, 1.165) is 16.5 Å². The number of benzene rings is 2. The maximum atomic E-state index is 12.5. The average Bonchev–Trinajstić information content (AvgIpc) is 2.51. The number of hydrogen-bond acceptors (Lipinski definition) is 2. The van der Waals surface area contributed by atoms with Gasteiger partial charge in [0, 0.05) is 27.9 Å². The van der Waals surface area contributed by atoms with Gasteiger partial charge in [-0.25, -0.2) is 0 Å². The maximum Gasteiger partial charge on any atom is 0.256 e. The minimum Gasteiger partial charge on any atom is -0.322 e. The topological polar surface area (TPSA) is 42.0 Å². The van der Waals surface area contributed by atoms with Gasteiger partial charge in [0.25, 0.3) is 5.91 Å². The summed E-state index contributed by atoms with van der Waals surface area (Å²) in [7, 11) is 0. The molecular weight excluding hydrogens is 284 g/mol. The summed E-state index contributed by atoms with van der Waals surface area (Å²) in [5, 5.41) is 4.37. The Morgan fingerprint density at radius 3 is 2.76 bits per heavy atom. The second-order valence-corrected chi connectivity index (χ2v) is 5.15. The molecule has 0 saturated heterocycles. The molecule has 3 nitrogen and oxygen atoms in total. The average molecular weight is 297 g/mol. The Morgan fingerprint density at radius 1 is 1.10 bits per heavy atom. The van der Waals surface area contributed by atoms with Gasteiger partial charge in [-0.15, -0.1) is 0 Å². The van der Waals surface area contributed by atoms with Crippen LogP contribution in [-0.4, -0.2) is 10.9 Å². The highest BCUT2D eigenvalue weighted by Gasteiger charge is 2.12. The van der Waals surface area contributed by atoms with Gasteiger partial charge in [0.1, 0.15) is 0 Å². The molecule has 3 rings (SSSR count). The highest BCUT2D eigenvalue weighted by molar-refractivity contribution is 6.31. The number of amides is 1. The number of hydrogen-bond donors (Lipinski definition) is 1. The van der Waals surface area contributed by atoms with E-state index in [1.165, 1.54) is 0 Å². The second kappa shape index (κ2) is 5.54. The number of carbonyl (C=O) groups is 1. The first-order valence-electron chi connectivity index (χ1n) is 6.57. The van der Waals surface area contributed by atoms with E-state index in [4.69, 9.17) is 11.6 Å². The van der Waals surface area contributed by atoms with Crippen molar-refractivity contribution < 1.29 is 4.79 Å². The van der Waals surface area contributed by atoms with Crippen molar-refractivity contribution in [2.75, 3.05) is 5.32 Å². The zero-order valence-corrected chi connectivity index (χ0v) is 12.2. The van der Waals surface area contributed by atoms with Crippen molar-refractivity contribution >= 4 is 34.1 Å². The lowest BCUT2D eigenvalue weighted by molar-refractivity contribution is 0.102. The van der Waals surface area contributed by atoms with E-state index in [1.54, 1.807) is 18.3 Å². The number of nitrogens with zero attached hydrogens (tertiary/aromatic N) is 1. The molecule has 104 valence electrons. The molecule has 2 aromatic carbocycles. The lowest BCUT2D eigenvalue weighted by Crippen LogP contribution is -2.13. The molecule has 1 N–H and O–H groups in total. The zero-order chi connectivity index (χ0) is 14.8. The third-order valence-corrected chi connectivity index (χ3v) is 3.82. The number of anilines is 1. The fourth-order valence-corrected chi connectivity index (χ4v) is 2.41. The molecule has 1 amide bonds. The number of fused-ring (bicyclic) bond motifs is 1. The minimum atomic E-state index is -0.168. The van der Waals surface area contributed by atoms with Gasteiger partial charge in [0.15, 0.2) is 0 Å². The first kappa shape index (κ1) is 13.6. The summed E-state index contributed by atoms with van der Waals surface area (Å²) in [6.45, 7) is 1.88. The molecule has 0 saturated carbocycles. The van der Waals surface area contributed by atoms with Crippen molar-refractivity contribution in [2.45, 2.75) is 6.92 Å². The predicted octanol–water partition coefficient (Wildman–Crippen LogP) is 4.45. The van der Waals surface area contributed by atoms with Crippen LogP contribution in [0.5, 0.6) is 0 Å². The molecule has 0 spiro atoms. The molecule has 4 heteroatoms. The molecule has 0 aliphatic rings. The number of nitrogens with one attached hydrogen (secondary N) is 1. The van der Waals surface area contributed by atoms with E-state index >= 15 is 0 Å². The van der Waals surface area contributed by atoms with Gasteiger partial charge in [-0.1, -0.05) is 29.8 Å². The SMILES string of the molecule is Cc1c(Cl)cccc1NC(=O)c1cccc2ncccc12. The molecule has 1 heterocycles. The van der Waals surface area contributed by atoms with Crippen molar-refractivity contribution in [2.24, 2.45) is 0 Å². The Balaban J connectivity index is 2.00. The number of aromatic nitrogens is 1. The van der Waals surface area contributed by atoms with Crippen molar-refractivity contribution in [1.29, 1.82) is 0 Å². The first-order valence-corrected chi connectivity index (χ1v) is 6.95. The molecule has 0 unspecified atom stereocenters. The molecule has 0 radical (unpaired) electrons. The van der Waals surface area contributed by atoms with Crippen molar-refractivity contribution in [3.63, 3.8) is 0 Å². The summed E-state index contributed by atoms with van der Waals surface area (Å²) < 4.78 is 0. The summed E-state index contributed by atoms with van der Waals surface area (Å²) >= 11 is 6.08. The van der Waals surface area contributed by atoms with Crippen LogP contribution in [-0.2, 0) is 0 Å². The molecule has 0 bridgehead atoms. The molecule has 1 aromatic heterocycles. The summed E-state index contributed by atoms with van der Waals surface area (Å²) in [5.74, 6) is -0.168.